The van der Waals surface area contributed by atoms with E-state index in [0.29, 0.717) is 5.56 Å². The van der Waals surface area contributed by atoms with Gasteiger partial charge < -0.3 is 10.1 Å². The maximum Gasteiger partial charge on any atom is 0.340 e. The van der Waals surface area contributed by atoms with E-state index in [1.54, 1.807) is 22.8 Å². The van der Waals surface area contributed by atoms with Gasteiger partial charge in [0.1, 0.15) is 5.69 Å². The third-order valence-corrected chi connectivity index (χ3v) is 5.38. The molecule has 1 unspecified atom stereocenters. The van der Waals surface area contributed by atoms with E-state index in [1.807, 2.05) is 0 Å². The number of thiophene rings is 1. The van der Waals surface area contributed by atoms with Crippen LogP contribution in [0.4, 0.5) is 11.4 Å². The molecule has 0 fully saturated rings. The molecule has 1 aromatic heterocycles. The van der Waals surface area contributed by atoms with Gasteiger partial charge >= 0.3 is 5.97 Å². The van der Waals surface area contributed by atoms with Crippen LogP contribution in [0.5, 0.6) is 0 Å². The molecule has 8 heteroatoms. The Labute approximate surface area is 154 Å². The average molecular weight is 374 g/mol. The first kappa shape index (κ1) is 18.1. The summed E-state index contributed by atoms with van der Waals surface area (Å²) in [5.41, 5.74) is 1.40. The summed E-state index contributed by atoms with van der Waals surface area (Å²) >= 11 is 1.55. The summed E-state index contributed by atoms with van der Waals surface area (Å²) in [7, 11) is 0. The number of nitro groups is 1. The van der Waals surface area contributed by atoms with Crippen molar-refractivity contribution in [3.8, 4) is 0 Å². The maximum atomic E-state index is 12.4. The second-order valence-corrected chi connectivity index (χ2v) is 7.03. The summed E-state index contributed by atoms with van der Waals surface area (Å²) in [5, 5.41) is 15.2. The highest BCUT2D eigenvalue weighted by Crippen LogP contribution is 2.31. The monoisotopic (exact) mass is 374 g/mol. The Balaban J connectivity index is 1.67. The van der Waals surface area contributed by atoms with Gasteiger partial charge in [-0.05, 0) is 44.2 Å². The minimum atomic E-state index is -1.07. The number of rotatable bonds is 5. The molecule has 136 valence electrons. The average Bonchev–Trinajstić information content (AvgIpc) is 3.06. The lowest BCUT2D eigenvalue weighted by atomic mass is 9.96. The fourth-order valence-electron chi connectivity index (χ4n) is 2.92. The zero-order valence-electron chi connectivity index (χ0n) is 14.2. The van der Waals surface area contributed by atoms with E-state index in [9.17, 15) is 19.7 Å². The molecule has 0 aliphatic heterocycles. The summed E-state index contributed by atoms with van der Waals surface area (Å²) in [4.78, 5) is 36.3. The smallest absolute Gasteiger partial charge is 0.340 e. The third kappa shape index (κ3) is 3.75. The van der Waals surface area contributed by atoms with Crippen molar-refractivity contribution in [2.75, 3.05) is 5.32 Å². The van der Waals surface area contributed by atoms with Crippen molar-refractivity contribution in [2.24, 2.45) is 0 Å². The molecule has 0 spiro atoms. The van der Waals surface area contributed by atoms with Crippen LogP contribution in [0.1, 0.15) is 40.6 Å². The molecule has 3 rings (SSSR count). The molecule has 0 bridgehead atoms. The van der Waals surface area contributed by atoms with Crippen LogP contribution in [0.3, 0.4) is 0 Å². The second-order valence-electron chi connectivity index (χ2n) is 6.07. The first-order valence-electron chi connectivity index (χ1n) is 8.32. The number of carbonyl (C=O) groups excluding carboxylic acids is 2. The molecule has 1 amide bonds. The highest BCUT2D eigenvalue weighted by Gasteiger charge is 2.25. The van der Waals surface area contributed by atoms with Crippen LogP contribution in [0, 0.1) is 10.1 Å². The number of para-hydroxylation sites is 2. The minimum Gasteiger partial charge on any atom is -0.449 e. The molecule has 0 saturated heterocycles. The van der Waals surface area contributed by atoms with Crippen molar-refractivity contribution in [3.05, 3.63) is 55.8 Å². The number of aryl methyl sites for hydroxylation is 1. The number of anilines is 1. The summed E-state index contributed by atoms with van der Waals surface area (Å²) in [6.07, 6.45) is 2.91. The molecule has 7 nitrogen and oxygen atoms in total. The van der Waals surface area contributed by atoms with Crippen LogP contribution in [0.2, 0.25) is 0 Å². The first-order valence-corrected chi connectivity index (χ1v) is 9.20. The number of nitrogens with one attached hydrogen (secondary N) is 1. The summed E-state index contributed by atoms with van der Waals surface area (Å²) in [6, 6.07) is 5.82. The lowest BCUT2D eigenvalue weighted by molar-refractivity contribution is -0.383. The van der Waals surface area contributed by atoms with E-state index in [0.717, 1.165) is 31.2 Å². The third-order valence-electron chi connectivity index (χ3n) is 4.29. The van der Waals surface area contributed by atoms with Crippen molar-refractivity contribution in [3.63, 3.8) is 0 Å². The Morgan fingerprint density at radius 1 is 1.27 bits per heavy atom. The summed E-state index contributed by atoms with van der Waals surface area (Å²) in [6.45, 7) is 1.45. The SMILES string of the molecule is CC(OC(=O)c1csc2c1CCCC2)C(=O)Nc1ccccc1[N+](=O)[O-]. The molecule has 2 aromatic rings. The van der Waals surface area contributed by atoms with Crippen molar-refractivity contribution >= 4 is 34.6 Å². The number of carbonyl (C=O) groups is 2. The van der Waals surface area contributed by atoms with Crippen LogP contribution in [-0.2, 0) is 22.4 Å². The van der Waals surface area contributed by atoms with Gasteiger partial charge in [-0.3, -0.25) is 14.9 Å². The zero-order chi connectivity index (χ0) is 18.7. The predicted octanol–water partition coefficient (Wildman–Crippen LogP) is 3.72. The van der Waals surface area contributed by atoms with Crippen LogP contribution >= 0.6 is 11.3 Å². The van der Waals surface area contributed by atoms with E-state index in [-0.39, 0.29) is 11.4 Å². The van der Waals surface area contributed by atoms with Gasteiger partial charge in [0.05, 0.1) is 10.5 Å². The van der Waals surface area contributed by atoms with E-state index in [4.69, 9.17) is 4.74 Å². The summed E-state index contributed by atoms with van der Waals surface area (Å²) < 4.78 is 5.28. The number of ether oxygens (including phenoxy) is 1. The normalized spacial score (nSPS) is 14.2. The Hall–Kier alpha value is -2.74. The molecule has 0 saturated carbocycles. The molecule has 1 aliphatic carbocycles. The van der Waals surface area contributed by atoms with E-state index >= 15 is 0 Å². The van der Waals surface area contributed by atoms with Gasteiger partial charge in [-0.1, -0.05) is 12.1 Å². The fourth-order valence-corrected chi connectivity index (χ4v) is 4.03. The number of esters is 1. The van der Waals surface area contributed by atoms with Crippen molar-refractivity contribution < 1.29 is 19.2 Å². The Bertz CT molecular complexity index is 861. The molecule has 1 heterocycles. The lowest BCUT2D eigenvalue weighted by Crippen LogP contribution is -2.30. The van der Waals surface area contributed by atoms with E-state index in [1.165, 1.54) is 30.0 Å². The van der Waals surface area contributed by atoms with Gasteiger partial charge in [-0.25, -0.2) is 4.79 Å². The highest BCUT2D eigenvalue weighted by molar-refractivity contribution is 7.10. The quantitative estimate of drug-likeness (QED) is 0.488. The minimum absolute atomic E-state index is 0.0679. The van der Waals surface area contributed by atoms with Gasteiger partial charge in [-0.15, -0.1) is 11.3 Å². The molecule has 1 aromatic carbocycles. The molecule has 1 atom stereocenters. The van der Waals surface area contributed by atoms with Crippen LogP contribution < -0.4 is 5.32 Å². The second kappa shape index (κ2) is 7.65. The fraction of sp³-hybridized carbons (Fsp3) is 0.333. The van der Waals surface area contributed by atoms with E-state index in [2.05, 4.69) is 5.32 Å². The van der Waals surface area contributed by atoms with Gasteiger partial charge in [0.2, 0.25) is 0 Å². The Morgan fingerprint density at radius 2 is 2.00 bits per heavy atom. The van der Waals surface area contributed by atoms with Crippen LogP contribution in [0.25, 0.3) is 0 Å². The molecule has 1 N–H and O–H groups in total. The number of benzene rings is 1. The standard InChI is InChI=1S/C18H18N2O5S/c1-11(17(21)19-14-7-3-4-8-15(14)20(23)24)25-18(22)13-10-26-16-9-5-2-6-12(13)16/h3-4,7-8,10-11H,2,5-6,9H2,1H3,(H,19,21). The maximum absolute atomic E-state index is 12.4. The van der Waals surface area contributed by atoms with Crippen LogP contribution in [-0.4, -0.2) is 22.9 Å². The van der Waals surface area contributed by atoms with Crippen molar-refractivity contribution in [2.45, 2.75) is 38.7 Å². The predicted molar refractivity (Wildman–Crippen MR) is 97.6 cm³/mol. The number of nitrogens with zero attached hydrogens (tertiary/aromatic N) is 1. The molecule has 1 aliphatic rings. The topological polar surface area (TPSA) is 98.5 Å². The number of nitro benzene ring substituents is 1. The zero-order valence-corrected chi connectivity index (χ0v) is 15.0. The van der Waals surface area contributed by atoms with Crippen LogP contribution in [0.15, 0.2) is 29.6 Å². The number of amides is 1. The van der Waals surface area contributed by atoms with Crippen molar-refractivity contribution in [1.82, 2.24) is 0 Å². The molecule has 0 radical (unpaired) electrons. The highest BCUT2D eigenvalue weighted by atomic mass is 32.1. The first-order chi connectivity index (χ1) is 12.5. The summed E-state index contributed by atoms with van der Waals surface area (Å²) in [5.74, 6) is -1.15. The van der Waals surface area contributed by atoms with E-state index < -0.39 is 22.9 Å². The van der Waals surface area contributed by atoms with Gasteiger partial charge in [0.25, 0.3) is 11.6 Å². The Kier molecular flexibility index (Phi) is 5.32. The number of hydrogen-bond donors (Lipinski definition) is 1. The lowest BCUT2D eigenvalue weighted by Gasteiger charge is -2.15. The van der Waals surface area contributed by atoms with Gasteiger partial charge in [0, 0.05) is 16.3 Å². The number of hydrogen-bond acceptors (Lipinski definition) is 6. The van der Waals surface area contributed by atoms with Crippen molar-refractivity contribution in [1.29, 1.82) is 0 Å². The van der Waals surface area contributed by atoms with Gasteiger partial charge in [-0.2, -0.15) is 0 Å². The molecular weight excluding hydrogens is 356 g/mol. The molecule has 26 heavy (non-hydrogen) atoms. The molecular formula is C18H18N2O5S. The van der Waals surface area contributed by atoms with Gasteiger partial charge in [0.15, 0.2) is 6.10 Å². The largest absolute Gasteiger partial charge is 0.449 e. The number of fused-ring (bicyclic) bond motifs is 1. The Morgan fingerprint density at radius 3 is 2.77 bits per heavy atom.